The maximum atomic E-state index is 13.2. The van der Waals surface area contributed by atoms with Crippen LogP contribution in [0.2, 0.25) is 0 Å². The second-order valence-electron chi connectivity index (χ2n) is 4.87. The Hall–Kier alpha value is -1.83. The summed E-state index contributed by atoms with van der Waals surface area (Å²) in [6.45, 7) is 4.22. The molecule has 1 nitrogen and oxygen atoms in total. The van der Waals surface area contributed by atoms with Gasteiger partial charge in [0.2, 0.25) is 0 Å². The fourth-order valence-corrected chi connectivity index (χ4v) is 2.17. The maximum absolute atomic E-state index is 13.2. The van der Waals surface area contributed by atoms with Gasteiger partial charge >= 0.3 is 0 Å². The summed E-state index contributed by atoms with van der Waals surface area (Å²) in [6, 6.07) is 15.3. The highest BCUT2D eigenvalue weighted by Gasteiger charge is 2.06. The molecule has 2 rings (SSSR count). The Bertz CT molecular complexity index is 519. The van der Waals surface area contributed by atoms with E-state index in [9.17, 15) is 4.39 Å². The Morgan fingerprint density at radius 3 is 2.47 bits per heavy atom. The number of nitrogens with one attached hydrogen (secondary N) is 1. The van der Waals surface area contributed by atoms with E-state index in [2.05, 4.69) is 36.5 Å². The summed E-state index contributed by atoms with van der Waals surface area (Å²) < 4.78 is 13.2. The highest BCUT2D eigenvalue weighted by Crippen LogP contribution is 2.20. The molecule has 2 heteroatoms. The normalized spacial score (nSPS) is 12.2. The van der Waals surface area contributed by atoms with Gasteiger partial charge in [0, 0.05) is 11.7 Å². The van der Waals surface area contributed by atoms with E-state index in [1.165, 1.54) is 11.6 Å². The van der Waals surface area contributed by atoms with Crippen LogP contribution >= 0.6 is 0 Å². The quantitative estimate of drug-likeness (QED) is 0.799. The van der Waals surface area contributed by atoms with Crippen molar-refractivity contribution < 1.29 is 4.39 Å². The lowest BCUT2D eigenvalue weighted by Gasteiger charge is -2.16. The lowest BCUT2D eigenvalue weighted by molar-refractivity contribution is 0.623. The molecule has 0 saturated heterocycles. The van der Waals surface area contributed by atoms with Crippen LogP contribution in [0.1, 0.15) is 37.4 Å². The van der Waals surface area contributed by atoms with Crippen LogP contribution in [0.25, 0.3) is 0 Å². The van der Waals surface area contributed by atoms with Crippen LogP contribution in [0.4, 0.5) is 10.1 Å². The largest absolute Gasteiger partial charge is 0.379 e. The minimum Gasteiger partial charge on any atom is -0.379 e. The van der Waals surface area contributed by atoms with Crippen molar-refractivity contribution in [3.05, 3.63) is 65.5 Å². The number of hydrogen-bond acceptors (Lipinski definition) is 1. The lowest BCUT2D eigenvalue weighted by Crippen LogP contribution is -2.06. The summed E-state index contributed by atoms with van der Waals surface area (Å²) in [5.74, 6) is -0.190. The maximum Gasteiger partial charge on any atom is 0.123 e. The van der Waals surface area contributed by atoms with Gasteiger partial charge in [0.15, 0.2) is 0 Å². The zero-order valence-electron chi connectivity index (χ0n) is 11.5. The van der Waals surface area contributed by atoms with Crippen molar-refractivity contribution in [2.24, 2.45) is 0 Å². The zero-order valence-corrected chi connectivity index (χ0v) is 11.5. The first kappa shape index (κ1) is 13.6. The number of benzene rings is 2. The summed E-state index contributed by atoms with van der Waals surface area (Å²) in [5, 5.41) is 3.39. The molecule has 0 fully saturated rings. The standard InChI is InChI=1S/C17H20FN/c1-3-5-14-8-10-17(11-9-14)19-13(2)15-6-4-7-16(18)12-15/h4,6-13,19H,3,5H2,1-2H3. The van der Waals surface area contributed by atoms with Crippen LogP contribution in [-0.4, -0.2) is 0 Å². The van der Waals surface area contributed by atoms with Crippen molar-refractivity contribution >= 4 is 5.69 Å². The van der Waals surface area contributed by atoms with Gasteiger partial charge in [0.1, 0.15) is 5.82 Å². The van der Waals surface area contributed by atoms with Crippen LogP contribution in [0, 0.1) is 5.82 Å². The van der Waals surface area contributed by atoms with Crippen molar-refractivity contribution in [2.45, 2.75) is 32.7 Å². The van der Waals surface area contributed by atoms with Gasteiger partial charge in [-0.1, -0.05) is 37.6 Å². The molecule has 2 aromatic rings. The van der Waals surface area contributed by atoms with E-state index in [1.54, 1.807) is 12.1 Å². The number of aryl methyl sites for hydroxylation is 1. The van der Waals surface area contributed by atoms with Crippen LogP contribution in [0.3, 0.4) is 0 Å². The lowest BCUT2D eigenvalue weighted by atomic mass is 10.1. The van der Waals surface area contributed by atoms with Crippen LogP contribution < -0.4 is 5.32 Å². The molecule has 0 spiro atoms. The predicted octanol–water partition coefficient (Wildman–Crippen LogP) is 4.95. The fourth-order valence-electron chi connectivity index (χ4n) is 2.17. The first-order chi connectivity index (χ1) is 9.19. The van der Waals surface area contributed by atoms with E-state index >= 15 is 0 Å². The number of hydrogen-bond donors (Lipinski definition) is 1. The molecular weight excluding hydrogens is 237 g/mol. The zero-order chi connectivity index (χ0) is 13.7. The van der Waals surface area contributed by atoms with E-state index in [1.807, 2.05) is 13.0 Å². The Kier molecular flexibility index (Phi) is 4.56. The highest BCUT2D eigenvalue weighted by molar-refractivity contribution is 5.46. The van der Waals surface area contributed by atoms with E-state index in [0.29, 0.717) is 0 Å². The Labute approximate surface area is 114 Å². The van der Waals surface area contributed by atoms with Crippen molar-refractivity contribution in [1.82, 2.24) is 0 Å². The van der Waals surface area contributed by atoms with Crippen molar-refractivity contribution in [1.29, 1.82) is 0 Å². The predicted molar refractivity (Wildman–Crippen MR) is 78.9 cm³/mol. The molecule has 0 aromatic heterocycles. The summed E-state index contributed by atoms with van der Waals surface area (Å²) in [7, 11) is 0. The topological polar surface area (TPSA) is 12.0 Å². The molecular formula is C17H20FN. The van der Waals surface area contributed by atoms with E-state index < -0.39 is 0 Å². The van der Waals surface area contributed by atoms with Crippen molar-refractivity contribution in [3.8, 4) is 0 Å². The fraction of sp³-hybridized carbons (Fsp3) is 0.294. The minimum atomic E-state index is -0.190. The molecule has 0 bridgehead atoms. The minimum absolute atomic E-state index is 0.0905. The van der Waals surface area contributed by atoms with Crippen molar-refractivity contribution in [3.63, 3.8) is 0 Å². The second kappa shape index (κ2) is 6.37. The Morgan fingerprint density at radius 2 is 1.84 bits per heavy atom. The summed E-state index contributed by atoms with van der Waals surface area (Å²) in [5.41, 5.74) is 3.38. The molecule has 0 radical (unpaired) electrons. The van der Waals surface area contributed by atoms with E-state index in [-0.39, 0.29) is 11.9 Å². The molecule has 1 unspecified atom stereocenters. The smallest absolute Gasteiger partial charge is 0.123 e. The van der Waals surface area contributed by atoms with Gasteiger partial charge in [0.25, 0.3) is 0 Å². The Balaban J connectivity index is 2.04. The monoisotopic (exact) mass is 257 g/mol. The summed E-state index contributed by atoms with van der Waals surface area (Å²) >= 11 is 0. The third-order valence-electron chi connectivity index (χ3n) is 3.22. The van der Waals surface area contributed by atoms with Gasteiger partial charge < -0.3 is 5.32 Å². The van der Waals surface area contributed by atoms with Gasteiger partial charge in [-0.05, 0) is 48.7 Å². The van der Waals surface area contributed by atoms with Crippen molar-refractivity contribution in [2.75, 3.05) is 5.32 Å². The van der Waals surface area contributed by atoms with Gasteiger partial charge in [-0.15, -0.1) is 0 Å². The molecule has 100 valence electrons. The number of anilines is 1. The molecule has 1 atom stereocenters. The summed E-state index contributed by atoms with van der Waals surface area (Å²) in [4.78, 5) is 0. The van der Waals surface area contributed by atoms with E-state index in [4.69, 9.17) is 0 Å². The highest BCUT2D eigenvalue weighted by atomic mass is 19.1. The number of halogens is 1. The summed E-state index contributed by atoms with van der Waals surface area (Å²) in [6.07, 6.45) is 2.27. The van der Waals surface area contributed by atoms with Gasteiger partial charge in [-0.3, -0.25) is 0 Å². The number of rotatable bonds is 5. The molecule has 0 saturated carbocycles. The molecule has 0 aliphatic heterocycles. The van der Waals surface area contributed by atoms with Crippen LogP contribution in [-0.2, 0) is 6.42 Å². The molecule has 0 amide bonds. The first-order valence-corrected chi connectivity index (χ1v) is 6.80. The molecule has 0 aliphatic rings. The van der Waals surface area contributed by atoms with Crippen LogP contribution in [0.15, 0.2) is 48.5 Å². The van der Waals surface area contributed by atoms with Crippen LogP contribution in [0.5, 0.6) is 0 Å². The van der Waals surface area contributed by atoms with Gasteiger partial charge in [-0.2, -0.15) is 0 Å². The second-order valence-corrected chi connectivity index (χ2v) is 4.87. The SMILES string of the molecule is CCCc1ccc(NC(C)c2cccc(F)c2)cc1. The molecule has 0 aliphatic carbocycles. The molecule has 1 N–H and O–H groups in total. The van der Waals surface area contributed by atoms with Gasteiger partial charge in [0.05, 0.1) is 0 Å². The molecule has 19 heavy (non-hydrogen) atoms. The average Bonchev–Trinajstić information content (AvgIpc) is 2.41. The third-order valence-corrected chi connectivity index (χ3v) is 3.22. The van der Waals surface area contributed by atoms with E-state index in [0.717, 1.165) is 24.1 Å². The average molecular weight is 257 g/mol. The molecule has 2 aromatic carbocycles. The Morgan fingerprint density at radius 1 is 1.11 bits per heavy atom. The molecule has 0 heterocycles. The van der Waals surface area contributed by atoms with Gasteiger partial charge in [-0.25, -0.2) is 4.39 Å². The third kappa shape index (κ3) is 3.82. The first-order valence-electron chi connectivity index (χ1n) is 6.80.